The summed E-state index contributed by atoms with van der Waals surface area (Å²) in [4.78, 5) is 46.6. The Balaban J connectivity index is 1.80. The number of aryl methyl sites for hydroxylation is 1. The Morgan fingerprint density at radius 1 is 1.29 bits per heavy atom. The normalized spacial score (nSPS) is 12.3. The SMILES string of the molecule is CCCC(=O)OC[C@H](O)CN(Cc1nc2sc(C(=O)OCC)c(C)c2c(=O)[nH]1)Cc1ccco1. The van der Waals surface area contributed by atoms with Crippen molar-refractivity contribution >= 4 is 33.5 Å². The minimum Gasteiger partial charge on any atom is -0.468 e. The second kappa shape index (κ2) is 11.9. The predicted molar refractivity (Wildman–Crippen MR) is 126 cm³/mol. The van der Waals surface area contributed by atoms with Gasteiger partial charge in [-0.3, -0.25) is 14.5 Å². The minimum absolute atomic E-state index is 0.135. The summed E-state index contributed by atoms with van der Waals surface area (Å²) in [7, 11) is 0. The molecule has 0 amide bonds. The predicted octanol–water partition coefficient (Wildman–Crippen LogP) is 2.77. The number of nitrogens with one attached hydrogen (secondary N) is 1. The molecule has 0 aliphatic heterocycles. The zero-order chi connectivity index (χ0) is 24.7. The molecule has 10 nitrogen and oxygen atoms in total. The van der Waals surface area contributed by atoms with E-state index in [-0.39, 0.29) is 37.8 Å². The van der Waals surface area contributed by atoms with E-state index >= 15 is 0 Å². The summed E-state index contributed by atoms with van der Waals surface area (Å²) >= 11 is 1.11. The third-order valence-corrected chi connectivity index (χ3v) is 6.17. The quantitative estimate of drug-likeness (QED) is 0.367. The van der Waals surface area contributed by atoms with Crippen molar-refractivity contribution < 1.29 is 28.6 Å². The molecule has 0 saturated carbocycles. The van der Waals surface area contributed by atoms with Gasteiger partial charge in [0.2, 0.25) is 0 Å². The van der Waals surface area contributed by atoms with E-state index in [4.69, 9.17) is 13.9 Å². The minimum atomic E-state index is -0.939. The van der Waals surface area contributed by atoms with E-state index in [2.05, 4.69) is 9.97 Å². The van der Waals surface area contributed by atoms with Crippen LogP contribution in [-0.4, -0.2) is 57.8 Å². The first kappa shape index (κ1) is 25.6. The summed E-state index contributed by atoms with van der Waals surface area (Å²) in [5, 5.41) is 10.8. The summed E-state index contributed by atoms with van der Waals surface area (Å²) < 4.78 is 15.6. The van der Waals surface area contributed by atoms with E-state index in [1.54, 1.807) is 32.2 Å². The fraction of sp³-hybridized carbons (Fsp3) is 0.478. The lowest BCUT2D eigenvalue weighted by atomic mass is 10.2. The van der Waals surface area contributed by atoms with E-state index in [0.29, 0.717) is 51.6 Å². The maximum atomic E-state index is 12.8. The molecular weight excluding hydrogens is 462 g/mol. The van der Waals surface area contributed by atoms with Crippen LogP contribution in [0.3, 0.4) is 0 Å². The number of aromatic nitrogens is 2. The Morgan fingerprint density at radius 2 is 2.09 bits per heavy atom. The molecule has 3 rings (SSSR count). The fourth-order valence-corrected chi connectivity index (χ4v) is 4.59. The molecule has 3 aromatic heterocycles. The van der Waals surface area contributed by atoms with Gasteiger partial charge in [-0.15, -0.1) is 11.3 Å². The first-order valence-corrected chi connectivity index (χ1v) is 11.9. The number of thiophene rings is 1. The lowest BCUT2D eigenvalue weighted by Crippen LogP contribution is -2.35. The van der Waals surface area contributed by atoms with Gasteiger partial charge in [-0.05, 0) is 38.0 Å². The molecule has 0 aliphatic rings. The fourth-order valence-electron chi connectivity index (χ4n) is 3.49. The van der Waals surface area contributed by atoms with Gasteiger partial charge in [-0.25, -0.2) is 9.78 Å². The van der Waals surface area contributed by atoms with Gasteiger partial charge < -0.3 is 24.0 Å². The van der Waals surface area contributed by atoms with Gasteiger partial charge in [-0.2, -0.15) is 0 Å². The Bertz CT molecular complexity index is 1170. The molecule has 184 valence electrons. The molecule has 0 spiro atoms. The maximum absolute atomic E-state index is 12.8. The zero-order valence-corrected chi connectivity index (χ0v) is 20.3. The van der Waals surface area contributed by atoms with E-state index in [0.717, 1.165) is 11.3 Å². The summed E-state index contributed by atoms with van der Waals surface area (Å²) in [6, 6.07) is 3.56. The van der Waals surface area contributed by atoms with Crippen molar-refractivity contribution in [1.82, 2.24) is 14.9 Å². The van der Waals surface area contributed by atoms with E-state index in [1.807, 2.05) is 11.8 Å². The Hall–Kier alpha value is -3.02. The van der Waals surface area contributed by atoms with Gasteiger partial charge in [0, 0.05) is 13.0 Å². The molecule has 0 radical (unpaired) electrons. The van der Waals surface area contributed by atoms with E-state index < -0.39 is 12.1 Å². The molecule has 0 bridgehead atoms. The highest BCUT2D eigenvalue weighted by Gasteiger charge is 2.22. The van der Waals surface area contributed by atoms with Gasteiger partial charge >= 0.3 is 11.9 Å². The van der Waals surface area contributed by atoms with E-state index in [1.165, 1.54) is 0 Å². The van der Waals surface area contributed by atoms with Gasteiger partial charge in [0.15, 0.2) is 0 Å². The van der Waals surface area contributed by atoms with Crippen LogP contribution in [0.1, 0.15) is 53.5 Å². The number of carbonyl (C=O) groups excluding carboxylic acids is 2. The molecule has 0 aliphatic carbocycles. The van der Waals surface area contributed by atoms with Gasteiger partial charge in [0.05, 0.1) is 31.3 Å². The number of furan rings is 1. The second-order valence-corrected chi connectivity index (χ2v) is 8.80. The smallest absolute Gasteiger partial charge is 0.348 e. The molecule has 1 atom stereocenters. The van der Waals surface area contributed by atoms with Crippen molar-refractivity contribution in [3.63, 3.8) is 0 Å². The molecule has 11 heteroatoms. The third-order valence-electron chi connectivity index (χ3n) is 5.00. The van der Waals surface area contributed by atoms with Gasteiger partial charge in [0.25, 0.3) is 5.56 Å². The number of ether oxygens (including phenoxy) is 2. The number of fused-ring (bicyclic) bond motifs is 1. The molecule has 3 aromatic rings. The average Bonchev–Trinajstić information content (AvgIpc) is 3.40. The number of rotatable bonds is 12. The van der Waals surface area contributed by atoms with Crippen LogP contribution in [0.4, 0.5) is 0 Å². The van der Waals surface area contributed by atoms with Crippen LogP contribution in [-0.2, 0) is 27.4 Å². The molecule has 34 heavy (non-hydrogen) atoms. The monoisotopic (exact) mass is 491 g/mol. The highest BCUT2D eigenvalue weighted by Crippen LogP contribution is 2.27. The molecule has 2 N–H and O–H groups in total. The average molecular weight is 492 g/mol. The molecule has 0 saturated heterocycles. The van der Waals surface area contributed by atoms with Crippen molar-refractivity contribution in [3.05, 3.63) is 50.8 Å². The summed E-state index contributed by atoms with van der Waals surface area (Å²) in [6.07, 6.45) is 1.57. The number of hydrogen-bond donors (Lipinski definition) is 2. The van der Waals surface area contributed by atoms with Gasteiger partial charge in [0.1, 0.15) is 34.0 Å². The summed E-state index contributed by atoms with van der Waals surface area (Å²) in [6.45, 7) is 6.07. The highest BCUT2D eigenvalue weighted by molar-refractivity contribution is 7.20. The second-order valence-electron chi connectivity index (χ2n) is 7.81. The Labute approximate surface area is 200 Å². The molecule has 0 fully saturated rings. The lowest BCUT2D eigenvalue weighted by molar-refractivity contribution is -0.147. The molecule has 3 heterocycles. The Kier molecular flexibility index (Phi) is 8.97. The number of aromatic amines is 1. The number of aliphatic hydroxyl groups excluding tert-OH is 1. The summed E-state index contributed by atoms with van der Waals surface area (Å²) in [5.74, 6) is 0.191. The third kappa shape index (κ3) is 6.52. The van der Waals surface area contributed by atoms with Gasteiger partial charge in [-0.1, -0.05) is 6.92 Å². The van der Waals surface area contributed by atoms with Crippen LogP contribution in [0.15, 0.2) is 27.6 Å². The van der Waals surface area contributed by atoms with Crippen molar-refractivity contribution in [2.75, 3.05) is 19.8 Å². The van der Waals surface area contributed by atoms with Crippen LogP contribution in [0.25, 0.3) is 10.2 Å². The molecule has 0 unspecified atom stereocenters. The maximum Gasteiger partial charge on any atom is 0.348 e. The molecule has 0 aromatic carbocycles. The van der Waals surface area contributed by atoms with Crippen LogP contribution >= 0.6 is 11.3 Å². The molecular formula is C23H29N3O7S. The number of aliphatic hydroxyl groups is 1. The van der Waals surface area contributed by atoms with E-state index in [9.17, 15) is 19.5 Å². The van der Waals surface area contributed by atoms with Crippen LogP contribution < -0.4 is 5.56 Å². The largest absolute Gasteiger partial charge is 0.468 e. The summed E-state index contributed by atoms with van der Waals surface area (Å²) in [5.41, 5.74) is 0.187. The van der Waals surface area contributed by atoms with Crippen LogP contribution in [0, 0.1) is 6.92 Å². The number of hydrogen-bond acceptors (Lipinski definition) is 10. The van der Waals surface area contributed by atoms with Crippen molar-refractivity contribution in [3.8, 4) is 0 Å². The first-order chi connectivity index (χ1) is 16.3. The number of esters is 2. The standard InChI is InChI=1S/C23H29N3O7S/c1-4-7-18(28)33-13-15(27)10-26(11-16-8-6-9-32-16)12-17-24-21(29)19-14(3)20(23(30)31-5-2)34-22(19)25-17/h6,8-9,15,27H,4-5,7,10-13H2,1-3H3,(H,24,25,29)/t15-/m1/s1. The number of nitrogens with zero attached hydrogens (tertiary/aromatic N) is 2. The first-order valence-electron chi connectivity index (χ1n) is 11.1. The Morgan fingerprint density at radius 3 is 2.76 bits per heavy atom. The topological polar surface area (TPSA) is 135 Å². The zero-order valence-electron chi connectivity index (χ0n) is 19.5. The highest BCUT2D eigenvalue weighted by atomic mass is 32.1. The number of carbonyl (C=O) groups is 2. The van der Waals surface area contributed by atoms with Crippen LogP contribution in [0.5, 0.6) is 0 Å². The number of H-pyrrole nitrogens is 1. The van der Waals surface area contributed by atoms with Crippen LogP contribution in [0.2, 0.25) is 0 Å². The van der Waals surface area contributed by atoms with Crippen molar-refractivity contribution in [1.29, 1.82) is 0 Å². The lowest BCUT2D eigenvalue weighted by Gasteiger charge is -2.23. The van der Waals surface area contributed by atoms with Crippen molar-refractivity contribution in [2.45, 2.75) is 52.8 Å². The van der Waals surface area contributed by atoms with Crippen molar-refractivity contribution in [2.24, 2.45) is 0 Å².